The van der Waals surface area contributed by atoms with Crippen LogP contribution in [-0.4, -0.2) is 66.4 Å². The number of carbonyl (C=O) groups is 3. The largest absolute Gasteiger partial charge is 0.365 e. The van der Waals surface area contributed by atoms with Gasteiger partial charge in [0.1, 0.15) is 5.78 Å². The summed E-state index contributed by atoms with van der Waals surface area (Å²) in [5.41, 5.74) is 5.87. The van der Waals surface area contributed by atoms with Gasteiger partial charge in [-0.15, -0.1) is 0 Å². The zero-order valence-electron chi connectivity index (χ0n) is 31.8. The number of likely N-dealkylation sites (tertiary alicyclic amines) is 1. The molecule has 4 aliphatic carbocycles. The molecule has 2 saturated heterocycles. The fraction of sp³-hybridized carbons (Fsp3) is 0.705. The third kappa shape index (κ3) is 7.28. The minimum absolute atomic E-state index is 0.0962. The van der Waals surface area contributed by atoms with Crippen LogP contribution >= 0.6 is 0 Å². The maximum absolute atomic E-state index is 12.8. The second-order valence-electron chi connectivity index (χ2n) is 17.5. The van der Waals surface area contributed by atoms with Gasteiger partial charge in [0, 0.05) is 63.8 Å². The summed E-state index contributed by atoms with van der Waals surface area (Å²) in [6.45, 7) is 13.0. The SMILES string of the molecule is CC1=C2C[C@H]3[C@@H](CC=C4CC(=O)CC[C@@]43C)[C@@H]2CC[C@]12OC1C[C@H](C)CN(CCNC(=O)CCCCCNC(=O)CCc3ccccc3)[C@H]1[C@H]2C. The minimum atomic E-state index is -0.179. The summed E-state index contributed by atoms with van der Waals surface area (Å²) in [6.07, 6.45) is 15.4. The number of Topliss-reactive ketones (excluding diaryl/α,β-unsaturated/α-hetero) is 1. The molecule has 1 aromatic rings. The number of unbranched alkanes of at least 4 members (excludes halogenated alkanes) is 2. The monoisotopic (exact) mass is 697 g/mol. The van der Waals surface area contributed by atoms with Crippen LogP contribution < -0.4 is 10.6 Å². The third-order valence-corrected chi connectivity index (χ3v) is 14.6. The molecule has 6 aliphatic rings. The topological polar surface area (TPSA) is 87.7 Å². The average molecular weight is 698 g/mol. The van der Waals surface area contributed by atoms with Crippen LogP contribution in [-0.2, 0) is 25.5 Å². The molecule has 2 heterocycles. The standard InChI is InChI=1S/C44H63N3O4/c1-29-25-39-42(47(28-29)24-23-46-40(49)13-9-6-10-22-45-41(50)17-14-32-11-7-5-8-12-32)31(3)44(51-39)21-19-35-36-16-15-33-26-34(48)18-20-43(33,4)38(36)27-37(35)30(44)2/h5,7-8,11-12,15,29,31,35-36,38-39,42H,6,9-10,13-14,16-28H2,1-4H3,(H,45,50)(H,46,49)/t29-,31+,35-,36-,38-,39?,42-,43-,44-/m0/s1. The van der Waals surface area contributed by atoms with E-state index in [4.69, 9.17) is 4.74 Å². The quantitative estimate of drug-likeness (QED) is 0.176. The molecule has 9 atom stereocenters. The Morgan fingerprint density at radius 2 is 1.78 bits per heavy atom. The molecule has 278 valence electrons. The summed E-state index contributed by atoms with van der Waals surface area (Å²) in [4.78, 5) is 40.0. The number of nitrogens with zero attached hydrogens (tertiary/aromatic N) is 1. The lowest BCUT2D eigenvalue weighted by Gasteiger charge is -2.47. The second kappa shape index (κ2) is 15.3. The average Bonchev–Trinajstić information content (AvgIpc) is 3.64. The summed E-state index contributed by atoms with van der Waals surface area (Å²) in [7, 11) is 0. The molecule has 7 rings (SSSR count). The van der Waals surface area contributed by atoms with Crippen molar-refractivity contribution in [2.24, 2.45) is 35.0 Å². The fourth-order valence-corrected chi connectivity index (χ4v) is 11.8. The lowest BCUT2D eigenvalue weighted by Crippen LogP contribution is -2.54. The highest BCUT2D eigenvalue weighted by atomic mass is 16.5. The van der Waals surface area contributed by atoms with E-state index >= 15 is 0 Å². The molecule has 1 spiro atoms. The predicted octanol–water partition coefficient (Wildman–Crippen LogP) is 7.35. The molecule has 7 heteroatoms. The maximum Gasteiger partial charge on any atom is 0.220 e. The number of rotatable bonds is 12. The molecule has 51 heavy (non-hydrogen) atoms. The number of aryl methyl sites for hydroxylation is 1. The van der Waals surface area contributed by atoms with Crippen molar-refractivity contribution < 1.29 is 19.1 Å². The fourth-order valence-electron chi connectivity index (χ4n) is 11.8. The van der Waals surface area contributed by atoms with Gasteiger partial charge in [-0.1, -0.05) is 74.7 Å². The van der Waals surface area contributed by atoms with E-state index in [0.29, 0.717) is 73.8 Å². The Morgan fingerprint density at radius 3 is 2.61 bits per heavy atom. The number of hydrogen-bond acceptors (Lipinski definition) is 5. The van der Waals surface area contributed by atoms with Gasteiger partial charge >= 0.3 is 0 Å². The van der Waals surface area contributed by atoms with E-state index in [-0.39, 0.29) is 28.9 Å². The number of carbonyl (C=O) groups excluding carboxylic acids is 3. The first-order valence-corrected chi connectivity index (χ1v) is 20.5. The molecule has 1 unspecified atom stereocenters. The Bertz CT molecular complexity index is 1520. The van der Waals surface area contributed by atoms with Gasteiger partial charge in [-0.2, -0.15) is 0 Å². The van der Waals surface area contributed by atoms with Crippen LogP contribution in [0.2, 0.25) is 0 Å². The molecule has 7 nitrogen and oxygen atoms in total. The molecule has 0 aromatic heterocycles. The molecule has 1 aromatic carbocycles. The van der Waals surface area contributed by atoms with Crippen LogP contribution in [0.4, 0.5) is 0 Å². The lowest BCUT2D eigenvalue weighted by molar-refractivity contribution is -0.122. The first-order valence-electron chi connectivity index (χ1n) is 20.5. The Kier molecular flexibility index (Phi) is 11.0. The van der Waals surface area contributed by atoms with Crippen LogP contribution in [0.3, 0.4) is 0 Å². The number of ether oxygens (including phenoxy) is 1. The van der Waals surface area contributed by atoms with Crippen LogP contribution in [0.5, 0.6) is 0 Å². The first kappa shape index (κ1) is 36.6. The zero-order valence-corrected chi connectivity index (χ0v) is 31.8. The summed E-state index contributed by atoms with van der Waals surface area (Å²) in [6, 6.07) is 10.5. The summed E-state index contributed by atoms with van der Waals surface area (Å²) < 4.78 is 7.32. The third-order valence-electron chi connectivity index (χ3n) is 14.6. The number of ketones is 1. The molecular formula is C44H63N3O4. The molecule has 2 N–H and O–H groups in total. The highest BCUT2D eigenvalue weighted by molar-refractivity contribution is 5.82. The van der Waals surface area contributed by atoms with Gasteiger partial charge < -0.3 is 15.4 Å². The molecule has 2 amide bonds. The highest BCUT2D eigenvalue weighted by Gasteiger charge is 2.61. The Hall–Kier alpha value is -2.77. The van der Waals surface area contributed by atoms with Crippen molar-refractivity contribution in [1.82, 2.24) is 15.5 Å². The number of hydrogen-bond donors (Lipinski definition) is 2. The minimum Gasteiger partial charge on any atom is -0.365 e. The van der Waals surface area contributed by atoms with Crippen LogP contribution in [0.1, 0.15) is 117 Å². The zero-order chi connectivity index (χ0) is 35.8. The van der Waals surface area contributed by atoms with Gasteiger partial charge in [-0.05, 0) is 105 Å². The van der Waals surface area contributed by atoms with E-state index in [1.807, 2.05) is 18.2 Å². The van der Waals surface area contributed by atoms with Crippen molar-refractivity contribution in [2.75, 3.05) is 26.2 Å². The molecule has 2 aliphatic heterocycles. The Balaban J connectivity index is 0.881. The second-order valence-corrected chi connectivity index (χ2v) is 17.5. The Labute approximate surface area is 306 Å². The van der Waals surface area contributed by atoms with E-state index in [9.17, 15) is 14.4 Å². The van der Waals surface area contributed by atoms with Crippen molar-refractivity contribution in [3.05, 3.63) is 58.7 Å². The van der Waals surface area contributed by atoms with Gasteiger partial charge in [0.25, 0.3) is 0 Å². The molecule has 2 saturated carbocycles. The van der Waals surface area contributed by atoms with Crippen molar-refractivity contribution in [3.63, 3.8) is 0 Å². The maximum atomic E-state index is 12.8. The normalized spacial score (nSPS) is 35.9. The number of fused-ring (bicyclic) bond motifs is 6. The van der Waals surface area contributed by atoms with Gasteiger partial charge in [0.2, 0.25) is 11.8 Å². The number of allylic oxidation sites excluding steroid dienone is 3. The van der Waals surface area contributed by atoms with Gasteiger partial charge in [-0.3, -0.25) is 19.3 Å². The summed E-state index contributed by atoms with van der Waals surface area (Å²) in [5, 5.41) is 6.25. The first-order chi connectivity index (χ1) is 24.6. The van der Waals surface area contributed by atoms with Gasteiger partial charge in [-0.25, -0.2) is 0 Å². The van der Waals surface area contributed by atoms with Crippen molar-refractivity contribution in [1.29, 1.82) is 0 Å². The number of nitrogens with one attached hydrogen (secondary N) is 2. The van der Waals surface area contributed by atoms with Crippen molar-refractivity contribution in [2.45, 2.75) is 135 Å². The molecule has 0 radical (unpaired) electrons. The van der Waals surface area contributed by atoms with Crippen molar-refractivity contribution >= 4 is 17.6 Å². The summed E-state index contributed by atoms with van der Waals surface area (Å²) in [5.74, 6) is 3.68. The van der Waals surface area contributed by atoms with E-state index in [2.05, 4.69) is 61.4 Å². The van der Waals surface area contributed by atoms with Crippen LogP contribution in [0, 0.1) is 35.0 Å². The van der Waals surface area contributed by atoms with E-state index in [1.165, 1.54) is 24.0 Å². The number of benzene rings is 1. The van der Waals surface area contributed by atoms with E-state index < -0.39 is 0 Å². The molecule has 0 bridgehead atoms. The van der Waals surface area contributed by atoms with E-state index in [0.717, 1.165) is 70.9 Å². The predicted molar refractivity (Wildman–Crippen MR) is 202 cm³/mol. The Morgan fingerprint density at radius 1 is 1.00 bits per heavy atom. The molecular weight excluding hydrogens is 635 g/mol. The number of piperidine rings is 1. The van der Waals surface area contributed by atoms with Crippen LogP contribution in [0.25, 0.3) is 0 Å². The van der Waals surface area contributed by atoms with E-state index in [1.54, 1.807) is 11.1 Å². The highest BCUT2D eigenvalue weighted by Crippen LogP contribution is 2.65. The van der Waals surface area contributed by atoms with Crippen molar-refractivity contribution in [3.8, 4) is 0 Å². The summed E-state index contributed by atoms with van der Waals surface area (Å²) >= 11 is 0. The smallest absolute Gasteiger partial charge is 0.220 e. The molecule has 4 fully saturated rings. The lowest BCUT2D eigenvalue weighted by atomic mass is 9.57. The number of amides is 2. The van der Waals surface area contributed by atoms with Gasteiger partial charge in [0.15, 0.2) is 0 Å². The van der Waals surface area contributed by atoms with Crippen LogP contribution in [0.15, 0.2) is 53.1 Å². The van der Waals surface area contributed by atoms with Gasteiger partial charge in [0.05, 0.1) is 11.7 Å².